The molecule has 1 saturated carbocycles. The summed E-state index contributed by atoms with van der Waals surface area (Å²) in [5, 5.41) is 0. The molecular weight excluding hydrogens is 300 g/mol. The minimum atomic E-state index is -0.00985. The van der Waals surface area contributed by atoms with Crippen LogP contribution in [0.2, 0.25) is 0 Å². The Morgan fingerprint density at radius 1 is 1.25 bits per heavy atom. The summed E-state index contributed by atoms with van der Waals surface area (Å²) in [5.41, 5.74) is 1.24. The van der Waals surface area contributed by atoms with Crippen molar-refractivity contribution in [3.05, 3.63) is 30.3 Å². The van der Waals surface area contributed by atoms with Gasteiger partial charge >= 0.3 is 0 Å². The van der Waals surface area contributed by atoms with Gasteiger partial charge in [-0.3, -0.25) is 4.79 Å². The molecule has 1 aliphatic carbocycles. The van der Waals surface area contributed by atoms with Crippen LogP contribution in [-0.2, 0) is 9.53 Å². The zero-order valence-corrected chi connectivity index (χ0v) is 14.6. The highest BCUT2D eigenvalue weighted by atomic mass is 16.5. The number of piperidine rings is 1. The van der Waals surface area contributed by atoms with Crippen LogP contribution < -0.4 is 4.90 Å². The number of rotatable bonds is 4. The lowest BCUT2D eigenvalue weighted by atomic mass is 9.87. The average molecular weight is 328 g/mol. The normalized spacial score (nSPS) is 25.9. The molecule has 24 heavy (non-hydrogen) atoms. The van der Waals surface area contributed by atoms with E-state index in [1.165, 1.54) is 18.5 Å². The van der Waals surface area contributed by atoms with Crippen LogP contribution in [0.15, 0.2) is 30.3 Å². The van der Waals surface area contributed by atoms with Crippen LogP contribution in [-0.4, -0.2) is 49.2 Å². The van der Waals surface area contributed by atoms with E-state index in [9.17, 15) is 4.79 Å². The highest BCUT2D eigenvalue weighted by molar-refractivity contribution is 5.76. The van der Waals surface area contributed by atoms with Crippen molar-refractivity contribution in [2.24, 2.45) is 5.92 Å². The van der Waals surface area contributed by atoms with Crippen LogP contribution in [0, 0.1) is 5.92 Å². The number of likely N-dealkylation sites (tertiary alicyclic amines) is 1. The zero-order chi connectivity index (χ0) is 16.6. The van der Waals surface area contributed by atoms with E-state index in [2.05, 4.69) is 47.2 Å². The van der Waals surface area contributed by atoms with Crippen molar-refractivity contribution in [2.75, 3.05) is 31.6 Å². The molecule has 4 rings (SSSR count). The Balaban J connectivity index is 1.32. The van der Waals surface area contributed by atoms with E-state index in [1.807, 2.05) is 0 Å². The number of benzene rings is 1. The largest absolute Gasteiger partial charge is 0.373 e. The Labute approximate surface area is 144 Å². The van der Waals surface area contributed by atoms with Gasteiger partial charge in [-0.1, -0.05) is 18.2 Å². The van der Waals surface area contributed by atoms with Gasteiger partial charge in [0.15, 0.2) is 0 Å². The Morgan fingerprint density at radius 2 is 1.96 bits per heavy atom. The number of carbonyl (C=O) groups is 1. The summed E-state index contributed by atoms with van der Waals surface area (Å²) in [6.45, 7) is 2.53. The molecule has 1 atom stereocenters. The van der Waals surface area contributed by atoms with Crippen LogP contribution in [0.3, 0.4) is 0 Å². The van der Waals surface area contributed by atoms with E-state index in [0.717, 1.165) is 45.4 Å². The molecule has 4 nitrogen and oxygen atoms in total. The summed E-state index contributed by atoms with van der Waals surface area (Å²) in [5.74, 6) is 1.04. The molecular formula is C20H28N2O2. The molecule has 4 heteroatoms. The van der Waals surface area contributed by atoms with Crippen LogP contribution in [0.5, 0.6) is 0 Å². The maximum atomic E-state index is 12.3. The lowest BCUT2D eigenvalue weighted by Gasteiger charge is -2.39. The fraction of sp³-hybridized carbons (Fsp3) is 0.650. The van der Waals surface area contributed by atoms with Gasteiger partial charge in [-0.2, -0.15) is 0 Å². The molecule has 0 unspecified atom stereocenters. The van der Waals surface area contributed by atoms with Gasteiger partial charge in [0.2, 0.25) is 5.91 Å². The van der Waals surface area contributed by atoms with Crippen molar-refractivity contribution < 1.29 is 9.53 Å². The van der Waals surface area contributed by atoms with Crippen LogP contribution in [0.1, 0.15) is 38.5 Å². The summed E-state index contributed by atoms with van der Waals surface area (Å²) in [4.78, 5) is 16.7. The molecule has 1 aromatic carbocycles. The molecule has 1 amide bonds. The predicted octanol–water partition coefficient (Wildman–Crippen LogP) is 3.07. The van der Waals surface area contributed by atoms with E-state index in [1.54, 1.807) is 0 Å². The Bertz CT molecular complexity index is 577. The van der Waals surface area contributed by atoms with Gasteiger partial charge in [0, 0.05) is 32.2 Å². The first kappa shape index (κ1) is 15.9. The SMILES string of the molecule is CN(c1ccccc1)[C@@H]1COC2(CCN(C(=O)CC3CC3)CC2)C1. The van der Waals surface area contributed by atoms with Crippen molar-refractivity contribution in [1.29, 1.82) is 0 Å². The number of likely N-dealkylation sites (N-methyl/N-ethyl adjacent to an activating group) is 1. The Hall–Kier alpha value is -1.55. The van der Waals surface area contributed by atoms with Crippen molar-refractivity contribution >= 4 is 11.6 Å². The quantitative estimate of drug-likeness (QED) is 0.851. The smallest absolute Gasteiger partial charge is 0.222 e. The summed E-state index contributed by atoms with van der Waals surface area (Å²) in [7, 11) is 2.16. The van der Waals surface area contributed by atoms with Crippen molar-refractivity contribution in [3.8, 4) is 0 Å². The minimum Gasteiger partial charge on any atom is -0.373 e. The third-order valence-electron chi connectivity index (χ3n) is 6.09. The summed E-state index contributed by atoms with van der Waals surface area (Å²) < 4.78 is 6.28. The maximum absolute atomic E-state index is 12.3. The molecule has 2 aliphatic heterocycles. The van der Waals surface area contributed by atoms with Gasteiger partial charge < -0.3 is 14.5 Å². The number of hydrogen-bond acceptors (Lipinski definition) is 3. The molecule has 0 N–H and O–H groups in total. The highest BCUT2D eigenvalue weighted by Crippen LogP contribution is 2.39. The lowest BCUT2D eigenvalue weighted by Crippen LogP contribution is -2.47. The van der Waals surface area contributed by atoms with E-state index in [0.29, 0.717) is 17.9 Å². The molecule has 2 heterocycles. The molecule has 0 aromatic heterocycles. The monoisotopic (exact) mass is 328 g/mol. The van der Waals surface area contributed by atoms with Gasteiger partial charge in [-0.15, -0.1) is 0 Å². The molecule has 130 valence electrons. The van der Waals surface area contributed by atoms with E-state index in [4.69, 9.17) is 4.74 Å². The van der Waals surface area contributed by atoms with E-state index >= 15 is 0 Å². The second-order valence-electron chi connectivity index (χ2n) is 7.83. The molecule has 0 bridgehead atoms. The number of amides is 1. The minimum absolute atomic E-state index is 0.00985. The second-order valence-corrected chi connectivity index (χ2v) is 7.83. The number of para-hydroxylation sites is 1. The average Bonchev–Trinajstić information content (AvgIpc) is 3.34. The van der Waals surface area contributed by atoms with Crippen LogP contribution in [0.25, 0.3) is 0 Å². The molecule has 3 aliphatic rings. The van der Waals surface area contributed by atoms with Crippen LogP contribution in [0.4, 0.5) is 5.69 Å². The topological polar surface area (TPSA) is 32.8 Å². The zero-order valence-electron chi connectivity index (χ0n) is 14.6. The lowest BCUT2D eigenvalue weighted by molar-refractivity contribution is -0.136. The molecule has 2 saturated heterocycles. The van der Waals surface area contributed by atoms with Crippen molar-refractivity contribution in [2.45, 2.75) is 50.2 Å². The third kappa shape index (κ3) is 3.30. The van der Waals surface area contributed by atoms with Gasteiger partial charge in [-0.25, -0.2) is 0 Å². The van der Waals surface area contributed by atoms with Gasteiger partial charge in [0.05, 0.1) is 18.2 Å². The number of anilines is 1. The summed E-state index contributed by atoms with van der Waals surface area (Å²) in [6, 6.07) is 11.0. The van der Waals surface area contributed by atoms with Crippen molar-refractivity contribution in [1.82, 2.24) is 4.90 Å². The fourth-order valence-corrected chi connectivity index (χ4v) is 4.15. The van der Waals surface area contributed by atoms with E-state index < -0.39 is 0 Å². The van der Waals surface area contributed by atoms with Gasteiger partial charge in [0.25, 0.3) is 0 Å². The molecule has 1 spiro atoms. The molecule has 3 fully saturated rings. The summed E-state index contributed by atoms with van der Waals surface area (Å²) in [6.07, 6.45) is 6.32. The van der Waals surface area contributed by atoms with Gasteiger partial charge in [-0.05, 0) is 50.2 Å². The van der Waals surface area contributed by atoms with Gasteiger partial charge in [0.1, 0.15) is 0 Å². The fourth-order valence-electron chi connectivity index (χ4n) is 4.15. The molecule has 0 radical (unpaired) electrons. The Morgan fingerprint density at radius 3 is 2.62 bits per heavy atom. The Kier molecular flexibility index (Phi) is 4.25. The number of nitrogens with zero attached hydrogens (tertiary/aromatic N) is 2. The highest BCUT2D eigenvalue weighted by Gasteiger charge is 2.44. The first-order chi connectivity index (χ1) is 11.7. The van der Waals surface area contributed by atoms with Crippen molar-refractivity contribution in [3.63, 3.8) is 0 Å². The third-order valence-corrected chi connectivity index (χ3v) is 6.09. The number of carbonyl (C=O) groups excluding carboxylic acids is 1. The first-order valence-electron chi connectivity index (χ1n) is 9.35. The second kappa shape index (κ2) is 6.40. The number of ether oxygens (including phenoxy) is 1. The number of hydrogen-bond donors (Lipinski definition) is 0. The predicted molar refractivity (Wildman–Crippen MR) is 95.1 cm³/mol. The molecule has 1 aromatic rings. The van der Waals surface area contributed by atoms with E-state index in [-0.39, 0.29) is 5.60 Å². The van der Waals surface area contributed by atoms with Crippen LogP contribution >= 0.6 is 0 Å². The first-order valence-corrected chi connectivity index (χ1v) is 9.35. The standard InChI is InChI=1S/C20H28N2O2/c1-21(17-5-3-2-4-6-17)18-14-20(24-15-18)9-11-22(12-10-20)19(23)13-16-7-8-16/h2-6,16,18H,7-15H2,1H3/t18-/m0/s1. The maximum Gasteiger partial charge on any atom is 0.222 e. The summed E-state index contributed by atoms with van der Waals surface area (Å²) >= 11 is 0.